The summed E-state index contributed by atoms with van der Waals surface area (Å²) in [6.45, 7) is 1.44. The van der Waals surface area contributed by atoms with Crippen LogP contribution in [0.1, 0.15) is 16.7 Å². The standard InChI is InChI=1S/C21H16F6N2O2/c1-11-16(30-18-7-5-12(28)9-14(18)20(22,23)24)3-2-4-17(11)31-19-8-6-13(29)10-15(19)21(25,26)27/h2-10H,28-29H2,1H3. The highest BCUT2D eigenvalue weighted by atomic mass is 19.4. The quantitative estimate of drug-likeness (QED) is 0.345. The Morgan fingerprint density at radius 3 is 1.35 bits per heavy atom. The number of benzene rings is 3. The maximum atomic E-state index is 13.3. The van der Waals surface area contributed by atoms with E-state index in [1.165, 1.54) is 37.3 Å². The summed E-state index contributed by atoms with van der Waals surface area (Å²) in [5, 5.41) is 0. The van der Waals surface area contributed by atoms with Gasteiger partial charge in [0.05, 0.1) is 0 Å². The van der Waals surface area contributed by atoms with Gasteiger partial charge in [-0.15, -0.1) is 0 Å². The Morgan fingerprint density at radius 1 is 0.613 bits per heavy atom. The third-order valence-corrected chi connectivity index (χ3v) is 4.29. The molecule has 0 heterocycles. The first-order chi connectivity index (χ1) is 14.4. The molecule has 0 aromatic heterocycles. The van der Waals surface area contributed by atoms with Crippen LogP contribution in [0, 0.1) is 6.92 Å². The van der Waals surface area contributed by atoms with E-state index in [9.17, 15) is 26.3 Å². The van der Waals surface area contributed by atoms with Crippen LogP contribution in [0.25, 0.3) is 0 Å². The van der Waals surface area contributed by atoms with Crippen molar-refractivity contribution in [2.24, 2.45) is 0 Å². The van der Waals surface area contributed by atoms with Gasteiger partial charge in [0.15, 0.2) is 0 Å². The van der Waals surface area contributed by atoms with Crippen molar-refractivity contribution in [3.63, 3.8) is 0 Å². The summed E-state index contributed by atoms with van der Waals surface area (Å²) in [6, 6.07) is 10.2. The first kappa shape index (κ1) is 22.1. The minimum atomic E-state index is -4.72. The van der Waals surface area contributed by atoms with Crippen LogP contribution < -0.4 is 20.9 Å². The summed E-state index contributed by atoms with van der Waals surface area (Å²) in [7, 11) is 0. The predicted octanol–water partition coefficient (Wildman–Crippen LogP) is 6.78. The SMILES string of the molecule is Cc1c(Oc2ccc(N)cc2C(F)(F)F)cccc1Oc1ccc(N)cc1C(F)(F)F. The molecule has 4 nitrogen and oxygen atoms in total. The number of alkyl halides is 6. The van der Waals surface area contributed by atoms with Gasteiger partial charge in [-0.2, -0.15) is 26.3 Å². The van der Waals surface area contributed by atoms with Crippen LogP contribution in [0.2, 0.25) is 0 Å². The Morgan fingerprint density at radius 2 is 1.00 bits per heavy atom. The Balaban J connectivity index is 1.98. The Labute approximate surface area is 173 Å². The fraction of sp³-hybridized carbons (Fsp3) is 0.143. The van der Waals surface area contributed by atoms with E-state index in [1.54, 1.807) is 0 Å². The topological polar surface area (TPSA) is 70.5 Å². The lowest BCUT2D eigenvalue weighted by Crippen LogP contribution is -2.09. The fourth-order valence-corrected chi connectivity index (χ4v) is 2.77. The molecule has 10 heteroatoms. The van der Waals surface area contributed by atoms with Crippen molar-refractivity contribution in [3.05, 3.63) is 71.3 Å². The third kappa shape index (κ3) is 4.96. The number of rotatable bonds is 4. The minimum absolute atomic E-state index is 0.0308. The maximum absolute atomic E-state index is 13.3. The van der Waals surface area contributed by atoms with Crippen molar-refractivity contribution in [2.45, 2.75) is 19.3 Å². The van der Waals surface area contributed by atoms with Crippen LogP contribution in [0.3, 0.4) is 0 Å². The lowest BCUT2D eigenvalue weighted by molar-refractivity contribution is -0.139. The average Bonchev–Trinajstić information content (AvgIpc) is 2.66. The zero-order valence-electron chi connectivity index (χ0n) is 15.9. The van der Waals surface area contributed by atoms with Gasteiger partial charge < -0.3 is 20.9 Å². The minimum Gasteiger partial charge on any atom is -0.456 e. The number of anilines is 2. The fourth-order valence-electron chi connectivity index (χ4n) is 2.77. The number of hydrogen-bond donors (Lipinski definition) is 2. The van der Waals surface area contributed by atoms with Gasteiger partial charge in [-0.3, -0.25) is 0 Å². The second-order valence-electron chi connectivity index (χ2n) is 6.59. The molecular formula is C21H16F6N2O2. The van der Waals surface area contributed by atoms with E-state index >= 15 is 0 Å². The molecule has 0 atom stereocenters. The molecule has 31 heavy (non-hydrogen) atoms. The lowest BCUT2D eigenvalue weighted by Gasteiger charge is -2.18. The van der Waals surface area contributed by atoms with E-state index in [-0.39, 0.29) is 28.4 Å². The summed E-state index contributed by atoms with van der Waals surface area (Å²) in [5.74, 6) is -1.08. The smallest absolute Gasteiger partial charge is 0.420 e. The molecule has 3 aromatic rings. The van der Waals surface area contributed by atoms with E-state index in [2.05, 4.69) is 0 Å². The van der Waals surface area contributed by atoms with Crippen LogP contribution >= 0.6 is 0 Å². The molecule has 3 rings (SSSR count). The Bertz CT molecular complexity index is 1030. The molecule has 4 N–H and O–H groups in total. The summed E-state index contributed by atoms with van der Waals surface area (Å²) in [6.07, 6.45) is -9.45. The Hall–Kier alpha value is -3.56. The van der Waals surface area contributed by atoms with Crippen molar-refractivity contribution in [1.82, 2.24) is 0 Å². The largest absolute Gasteiger partial charge is 0.456 e. The molecule has 0 aliphatic heterocycles. The summed E-state index contributed by atoms with van der Waals surface area (Å²) < 4.78 is 90.7. The maximum Gasteiger partial charge on any atom is 0.420 e. The molecule has 0 aliphatic rings. The van der Waals surface area contributed by atoms with Crippen LogP contribution in [-0.2, 0) is 12.4 Å². The van der Waals surface area contributed by atoms with Gasteiger partial charge in [-0.1, -0.05) is 6.07 Å². The van der Waals surface area contributed by atoms with Crippen molar-refractivity contribution in [3.8, 4) is 23.0 Å². The first-order valence-corrected chi connectivity index (χ1v) is 8.75. The van der Waals surface area contributed by atoms with Crippen LogP contribution in [0.15, 0.2) is 54.6 Å². The highest BCUT2D eigenvalue weighted by molar-refractivity contribution is 5.54. The van der Waals surface area contributed by atoms with Crippen molar-refractivity contribution in [1.29, 1.82) is 0 Å². The number of hydrogen-bond acceptors (Lipinski definition) is 4. The van der Waals surface area contributed by atoms with Crippen molar-refractivity contribution in [2.75, 3.05) is 11.5 Å². The van der Waals surface area contributed by atoms with Gasteiger partial charge in [-0.25, -0.2) is 0 Å². The first-order valence-electron chi connectivity index (χ1n) is 8.75. The van der Waals surface area contributed by atoms with E-state index in [4.69, 9.17) is 20.9 Å². The van der Waals surface area contributed by atoms with E-state index in [0.29, 0.717) is 0 Å². The van der Waals surface area contributed by atoms with Crippen molar-refractivity contribution >= 4 is 11.4 Å². The van der Waals surface area contributed by atoms with Gasteiger partial charge in [0.25, 0.3) is 0 Å². The third-order valence-electron chi connectivity index (χ3n) is 4.29. The van der Waals surface area contributed by atoms with Gasteiger partial charge in [0.1, 0.15) is 34.1 Å². The van der Waals surface area contributed by atoms with E-state index < -0.39 is 35.0 Å². The zero-order chi connectivity index (χ0) is 23.0. The number of nitrogens with two attached hydrogens (primary N) is 2. The van der Waals surface area contributed by atoms with E-state index in [1.807, 2.05) is 0 Å². The average molecular weight is 442 g/mol. The molecule has 0 radical (unpaired) electrons. The monoisotopic (exact) mass is 442 g/mol. The van der Waals surface area contributed by atoms with Gasteiger partial charge in [-0.05, 0) is 55.5 Å². The Kier molecular flexibility index (Phi) is 5.66. The summed E-state index contributed by atoms with van der Waals surface area (Å²) in [5.41, 5.74) is 8.70. The second kappa shape index (κ2) is 7.93. The molecular weight excluding hydrogens is 426 g/mol. The molecule has 0 saturated heterocycles. The van der Waals surface area contributed by atoms with E-state index in [0.717, 1.165) is 24.3 Å². The molecule has 3 aromatic carbocycles. The van der Waals surface area contributed by atoms with Gasteiger partial charge in [0, 0.05) is 16.9 Å². The number of nitrogen functional groups attached to an aromatic ring is 2. The second-order valence-corrected chi connectivity index (χ2v) is 6.59. The molecule has 0 aliphatic carbocycles. The number of halogens is 6. The molecule has 0 bridgehead atoms. The number of ether oxygens (including phenoxy) is 2. The lowest BCUT2D eigenvalue weighted by atomic mass is 10.1. The summed E-state index contributed by atoms with van der Waals surface area (Å²) >= 11 is 0. The molecule has 0 saturated carbocycles. The van der Waals surface area contributed by atoms with Gasteiger partial charge in [0.2, 0.25) is 0 Å². The van der Waals surface area contributed by atoms with Crippen molar-refractivity contribution < 1.29 is 35.8 Å². The highest BCUT2D eigenvalue weighted by Gasteiger charge is 2.36. The molecule has 0 fully saturated rings. The zero-order valence-corrected chi connectivity index (χ0v) is 15.9. The van der Waals surface area contributed by atoms with Crippen LogP contribution in [-0.4, -0.2) is 0 Å². The molecule has 0 amide bonds. The van der Waals surface area contributed by atoms with Crippen LogP contribution in [0.5, 0.6) is 23.0 Å². The molecule has 0 spiro atoms. The normalized spacial score (nSPS) is 12.0. The molecule has 0 unspecified atom stereocenters. The summed E-state index contributed by atoms with van der Waals surface area (Å²) in [4.78, 5) is 0. The molecule has 164 valence electrons. The van der Waals surface area contributed by atoms with Crippen LogP contribution in [0.4, 0.5) is 37.7 Å². The van der Waals surface area contributed by atoms with Gasteiger partial charge >= 0.3 is 12.4 Å². The highest BCUT2D eigenvalue weighted by Crippen LogP contribution is 2.43. The predicted molar refractivity (Wildman–Crippen MR) is 103 cm³/mol.